The Bertz CT molecular complexity index is 706. The highest BCUT2D eigenvalue weighted by Gasteiger charge is 2.12. The van der Waals surface area contributed by atoms with Crippen molar-refractivity contribution in [2.75, 3.05) is 22.0 Å². The largest absolute Gasteiger partial charge is 0.399 e. The minimum absolute atomic E-state index is 0.0172. The number of nitrogens with two attached hydrogens (primary N) is 1. The third kappa shape index (κ3) is 5.22. The van der Waals surface area contributed by atoms with Crippen LogP contribution in [0.5, 0.6) is 0 Å². The van der Waals surface area contributed by atoms with Gasteiger partial charge in [0.1, 0.15) is 4.60 Å². The van der Waals surface area contributed by atoms with Crippen LogP contribution in [0.2, 0.25) is 0 Å². The molecule has 0 unspecified atom stereocenters. The van der Waals surface area contributed by atoms with Crippen molar-refractivity contribution in [3.05, 3.63) is 47.2 Å². The van der Waals surface area contributed by atoms with Gasteiger partial charge in [-0.3, -0.25) is 4.72 Å². The summed E-state index contributed by atoms with van der Waals surface area (Å²) >= 11 is 4.67. The Hall–Kier alpha value is -1.25. The maximum absolute atomic E-state index is 12.0. The van der Waals surface area contributed by atoms with Gasteiger partial charge in [-0.2, -0.15) is 0 Å². The molecule has 0 bridgehead atoms. The quantitative estimate of drug-likeness (QED) is 0.452. The van der Waals surface area contributed by atoms with E-state index in [2.05, 4.69) is 25.6 Å². The molecular formula is C13H14BrN3O2S2. The van der Waals surface area contributed by atoms with Gasteiger partial charge in [-0.15, -0.1) is 11.8 Å². The normalized spacial score (nSPS) is 11.3. The monoisotopic (exact) mass is 387 g/mol. The summed E-state index contributed by atoms with van der Waals surface area (Å²) in [5.41, 5.74) is 6.73. The van der Waals surface area contributed by atoms with Crippen LogP contribution < -0.4 is 10.5 Å². The van der Waals surface area contributed by atoms with Crippen molar-refractivity contribution in [3.63, 3.8) is 0 Å². The van der Waals surface area contributed by atoms with Gasteiger partial charge < -0.3 is 5.73 Å². The lowest BCUT2D eigenvalue weighted by Gasteiger charge is -2.08. The zero-order valence-electron chi connectivity index (χ0n) is 11.0. The van der Waals surface area contributed by atoms with Crippen molar-refractivity contribution in [1.82, 2.24) is 4.98 Å². The van der Waals surface area contributed by atoms with Crippen LogP contribution in [0.1, 0.15) is 0 Å². The number of nitrogen functional groups attached to an aromatic ring is 1. The van der Waals surface area contributed by atoms with Gasteiger partial charge in [-0.1, -0.05) is 0 Å². The summed E-state index contributed by atoms with van der Waals surface area (Å²) < 4.78 is 27.0. The molecule has 1 heterocycles. The highest BCUT2D eigenvalue weighted by Crippen LogP contribution is 2.22. The Kier molecular flexibility index (Phi) is 5.49. The van der Waals surface area contributed by atoms with E-state index in [1.807, 2.05) is 12.1 Å². The molecule has 112 valence electrons. The van der Waals surface area contributed by atoms with Crippen LogP contribution >= 0.6 is 27.7 Å². The van der Waals surface area contributed by atoms with Crippen LogP contribution in [0.4, 0.5) is 11.4 Å². The first-order valence-electron chi connectivity index (χ1n) is 6.06. The van der Waals surface area contributed by atoms with Crippen LogP contribution in [0, 0.1) is 0 Å². The molecule has 8 heteroatoms. The number of nitrogens with zero attached hydrogens (tertiary/aromatic N) is 1. The average molecular weight is 388 g/mol. The predicted octanol–water partition coefficient (Wildman–Crippen LogP) is 2.96. The molecule has 3 N–H and O–H groups in total. The molecule has 0 aliphatic carbocycles. The summed E-state index contributed by atoms with van der Waals surface area (Å²) in [5.74, 6) is 0.473. The molecule has 0 amide bonds. The van der Waals surface area contributed by atoms with Gasteiger partial charge in [0.25, 0.3) is 0 Å². The van der Waals surface area contributed by atoms with Gasteiger partial charge >= 0.3 is 0 Å². The fourth-order valence-electron chi connectivity index (χ4n) is 1.51. The summed E-state index contributed by atoms with van der Waals surface area (Å²) in [4.78, 5) is 4.96. The fraction of sp³-hybridized carbons (Fsp3) is 0.154. The number of sulfonamides is 1. The van der Waals surface area contributed by atoms with E-state index >= 15 is 0 Å². The van der Waals surface area contributed by atoms with Crippen LogP contribution in [0.25, 0.3) is 0 Å². The number of hydrogen-bond acceptors (Lipinski definition) is 5. The van der Waals surface area contributed by atoms with Crippen LogP contribution in [-0.2, 0) is 10.0 Å². The molecule has 5 nitrogen and oxygen atoms in total. The highest BCUT2D eigenvalue weighted by atomic mass is 79.9. The van der Waals surface area contributed by atoms with E-state index in [9.17, 15) is 8.42 Å². The Morgan fingerprint density at radius 1 is 1.24 bits per heavy atom. The summed E-state index contributed by atoms with van der Waals surface area (Å²) in [5, 5.41) is 0. The number of benzene rings is 1. The number of aromatic nitrogens is 1. The van der Waals surface area contributed by atoms with Crippen molar-refractivity contribution in [2.45, 2.75) is 4.90 Å². The van der Waals surface area contributed by atoms with Gasteiger partial charge in [0.15, 0.2) is 0 Å². The maximum atomic E-state index is 12.0. The molecule has 0 fully saturated rings. The number of anilines is 2. The Balaban J connectivity index is 1.90. The first-order valence-corrected chi connectivity index (χ1v) is 9.49. The van der Waals surface area contributed by atoms with E-state index in [1.165, 1.54) is 11.8 Å². The van der Waals surface area contributed by atoms with Crippen molar-refractivity contribution in [3.8, 4) is 0 Å². The second-order valence-electron chi connectivity index (χ2n) is 4.18. The van der Waals surface area contributed by atoms with Crippen LogP contribution in [-0.4, -0.2) is 24.9 Å². The third-order valence-corrected chi connectivity index (χ3v) is 5.70. The Labute approximate surface area is 136 Å². The van der Waals surface area contributed by atoms with Gasteiger partial charge in [0, 0.05) is 22.5 Å². The molecular weight excluding hydrogens is 374 g/mol. The fourth-order valence-corrected chi connectivity index (χ4v) is 4.37. The minimum Gasteiger partial charge on any atom is -0.399 e. The number of hydrogen-bond donors (Lipinski definition) is 2. The van der Waals surface area contributed by atoms with E-state index in [-0.39, 0.29) is 5.75 Å². The SMILES string of the molecule is Nc1ccc(SCCS(=O)(=O)Nc2cccnc2Br)cc1. The molecule has 2 aromatic rings. The maximum Gasteiger partial charge on any atom is 0.233 e. The van der Waals surface area contributed by atoms with Gasteiger partial charge in [-0.25, -0.2) is 13.4 Å². The topological polar surface area (TPSA) is 85.1 Å². The number of thioether (sulfide) groups is 1. The van der Waals surface area contributed by atoms with Crippen molar-refractivity contribution in [2.24, 2.45) is 0 Å². The molecule has 0 spiro atoms. The van der Waals surface area contributed by atoms with E-state index in [0.29, 0.717) is 21.7 Å². The summed E-state index contributed by atoms with van der Waals surface area (Å²) in [6, 6.07) is 10.7. The Morgan fingerprint density at radius 3 is 2.62 bits per heavy atom. The first-order chi connectivity index (χ1) is 9.96. The number of halogens is 1. The summed E-state index contributed by atoms with van der Waals surface area (Å²) in [6.07, 6.45) is 1.58. The zero-order valence-corrected chi connectivity index (χ0v) is 14.2. The summed E-state index contributed by atoms with van der Waals surface area (Å²) in [6.45, 7) is 0. The standard InChI is InChI=1S/C13H14BrN3O2S2/c14-13-12(2-1-7-16-13)17-21(18,19)9-8-20-11-5-3-10(15)4-6-11/h1-7,17H,8-9,15H2. The molecule has 0 atom stereocenters. The van der Waals surface area contributed by atoms with Crippen molar-refractivity contribution in [1.29, 1.82) is 0 Å². The van der Waals surface area contributed by atoms with Crippen LogP contribution in [0.15, 0.2) is 52.1 Å². The molecule has 1 aromatic carbocycles. The van der Waals surface area contributed by atoms with Gasteiger partial charge in [-0.05, 0) is 52.3 Å². The molecule has 21 heavy (non-hydrogen) atoms. The minimum atomic E-state index is -3.40. The number of nitrogens with one attached hydrogen (secondary N) is 1. The molecule has 0 aliphatic rings. The highest BCUT2D eigenvalue weighted by molar-refractivity contribution is 9.10. The van der Waals surface area contributed by atoms with E-state index in [1.54, 1.807) is 30.5 Å². The third-order valence-electron chi connectivity index (χ3n) is 2.53. The lowest BCUT2D eigenvalue weighted by Crippen LogP contribution is -2.18. The second-order valence-corrected chi connectivity index (χ2v) is 7.94. The van der Waals surface area contributed by atoms with Gasteiger partial charge in [0.05, 0.1) is 11.4 Å². The predicted molar refractivity (Wildman–Crippen MR) is 90.9 cm³/mol. The lowest BCUT2D eigenvalue weighted by atomic mass is 10.3. The molecule has 2 rings (SSSR count). The van der Waals surface area contributed by atoms with Crippen LogP contribution in [0.3, 0.4) is 0 Å². The van der Waals surface area contributed by atoms with Gasteiger partial charge in [0.2, 0.25) is 10.0 Å². The second kappa shape index (κ2) is 7.15. The van der Waals surface area contributed by atoms with Crippen molar-refractivity contribution >= 4 is 49.1 Å². The molecule has 0 aliphatic heterocycles. The van der Waals surface area contributed by atoms with Crippen molar-refractivity contribution < 1.29 is 8.42 Å². The van der Waals surface area contributed by atoms with E-state index < -0.39 is 10.0 Å². The molecule has 0 radical (unpaired) electrons. The molecule has 0 saturated heterocycles. The summed E-state index contributed by atoms with van der Waals surface area (Å²) in [7, 11) is -3.40. The molecule has 0 saturated carbocycles. The first kappa shape index (κ1) is 16.1. The smallest absolute Gasteiger partial charge is 0.233 e. The zero-order chi connectivity index (χ0) is 15.3. The average Bonchev–Trinajstić information content (AvgIpc) is 2.43. The Morgan fingerprint density at radius 2 is 1.95 bits per heavy atom. The lowest BCUT2D eigenvalue weighted by molar-refractivity contribution is 0.602. The molecule has 1 aromatic heterocycles. The van der Waals surface area contributed by atoms with E-state index in [0.717, 1.165) is 4.90 Å². The van der Waals surface area contributed by atoms with E-state index in [4.69, 9.17) is 5.73 Å². The number of rotatable bonds is 6. The number of pyridine rings is 1.